The molecule has 1 aliphatic carbocycles. The average Bonchev–Trinajstić information content (AvgIpc) is 2.80. The Morgan fingerprint density at radius 1 is 0.806 bits per heavy atom. The Labute approximate surface area is 187 Å². The third-order valence-corrected chi connectivity index (χ3v) is 6.64. The fourth-order valence-corrected chi connectivity index (χ4v) is 4.73. The molecule has 2 aliphatic rings. The fraction of sp³-hybridized carbons (Fsp3) is 0.417. The highest BCUT2D eigenvalue weighted by molar-refractivity contribution is 6.30. The lowest BCUT2D eigenvalue weighted by Gasteiger charge is -2.37. The second-order valence-corrected chi connectivity index (χ2v) is 8.76. The van der Waals surface area contributed by atoms with E-state index in [0.29, 0.717) is 18.5 Å². The van der Waals surface area contributed by atoms with Gasteiger partial charge in [-0.25, -0.2) is 0 Å². The summed E-state index contributed by atoms with van der Waals surface area (Å²) >= 11 is 5.98. The van der Waals surface area contributed by atoms with Crippen LogP contribution in [0.25, 0.3) is 0 Å². The zero-order chi connectivity index (χ0) is 21.8. The number of amides is 1. The lowest BCUT2D eigenvalue weighted by atomic mass is 9.78. The number of carbonyl (C=O) groups excluding carboxylic acids is 1. The molecule has 2 atom stereocenters. The molecule has 0 bridgehead atoms. The van der Waals surface area contributed by atoms with Crippen LogP contribution in [0.15, 0.2) is 48.5 Å². The van der Waals surface area contributed by atoms with Crippen LogP contribution in [0, 0.1) is 11.8 Å². The number of anilines is 3. The molecule has 0 radical (unpaired) electrons. The van der Waals surface area contributed by atoms with Gasteiger partial charge >= 0.3 is 5.97 Å². The number of nitrogens with zero attached hydrogens (tertiary/aromatic N) is 2. The van der Waals surface area contributed by atoms with Crippen molar-refractivity contribution in [1.82, 2.24) is 0 Å². The smallest absolute Gasteiger partial charge is 0.307 e. The Morgan fingerprint density at radius 3 is 1.81 bits per heavy atom. The number of carbonyl (C=O) groups is 2. The summed E-state index contributed by atoms with van der Waals surface area (Å²) in [5, 5.41) is 13.1. The number of hydrogen-bond acceptors (Lipinski definition) is 4. The van der Waals surface area contributed by atoms with Gasteiger partial charge in [0, 0.05) is 48.3 Å². The van der Waals surface area contributed by atoms with Crippen molar-refractivity contribution < 1.29 is 14.7 Å². The van der Waals surface area contributed by atoms with Crippen molar-refractivity contribution in [3.05, 3.63) is 53.6 Å². The summed E-state index contributed by atoms with van der Waals surface area (Å²) in [5.41, 5.74) is 3.02. The maximum atomic E-state index is 12.7. The predicted molar refractivity (Wildman–Crippen MR) is 124 cm³/mol. The number of carboxylic acid groups (broad SMARTS) is 1. The van der Waals surface area contributed by atoms with Crippen LogP contribution in [-0.2, 0) is 9.59 Å². The van der Waals surface area contributed by atoms with Gasteiger partial charge in [-0.15, -0.1) is 0 Å². The molecule has 2 fully saturated rings. The van der Waals surface area contributed by atoms with E-state index < -0.39 is 17.8 Å². The van der Waals surface area contributed by atoms with E-state index in [1.54, 1.807) is 0 Å². The highest BCUT2D eigenvalue weighted by Crippen LogP contribution is 2.31. The molecular formula is C24H28ClN3O3. The van der Waals surface area contributed by atoms with Crippen LogP contribution in [-0.4, -0.2) is 43.2 Å². The quantitative estimate of drug-likeness (QED) is 0.714. The van der Waals surface area contributed by atoms with Crippen molar-refractivity contribution in [2.45, 2.75) is 25.7 Å². The number of hydrogen-bond donors (Lipinski definition) is 2. The van der Waals surface area contributed by atoms with Gasteiger partial charge in [-0.2, -0.15) is 0 Å². The zero-order valence-corrected chi connectivity index (χ0v) is 18.2. The topological polar surface area (TPSA) is 72.9 Å². The predicted octanol–water partition coefficient (Wildman–Crippen LogP) is 4.50. The van der Waals surface area contributed by atoms with Gasteiger partial charge in [0.25, 0.3) is 0 Å². The molecule has 31 heavy (non-hydrogen) atoms. The van der Waals surface area contributed by atoms with Gasteiger partial charge < -0.3 is 20.2 Å². The highest BCUT2D eigenvalue weighted by atomic mass is 35.5. The molecule has 4 rings (SSSR count). The van der Waals surface area contributed by atoms with Crippen LogP contribution in [0.5, 0.6) is 0 Å². The monoisotopic (exact) mass is 441 g/mol. The molecule has 1 saturated heterocycles. The molecule has 1 heterocycles. The van der Waals surface area contributed by atoms with Crippen LogP contribution >= 0.6 is 11.6 Å². The van der Waals surface area contributed by atoms with E-state index in [0.717, 1.165) is 49.7 Å². The lowest BCUT2D eigenvalue weighted by Crippen LogP contribution is -2.46. The first-order valence-corrected chi connectivity index (χ1v) is 11.3. The molecule has 164 valence electrons. The highest BCUT2D eigenvalue weighted by Gasteiger charge is 2.35. The second-order valence-electron chi connectivity index (χ2n) is 8.32. The average molecular weight is 442 g/mol. The van der Waals surface area contributed by atoms with E-state index in [1.165, 1.54) is 5.69 Å². The van der Waals surface area contributed by atoms with Crippen LogP contribution in [0.4, 0.5) is 17.1 Å². The van der Waals surface area contributed by atoms with Gasteiger partial charge in [0.15, 0.2) is 0 Å². The molecule has 7 heteroatoms. The largest absolute Gasteiger partial charge is 0.481 e. The van der Waals surface area contributed by atoms with Crippen molar-refractivity contribution in [3.63, 3.8) is 0 Å². The Kier molecular flexibility index (Phi) is 6.66. The van der Waals surface area contributed by atoms with Crippen molar-refractivity contribution >= 4 is 40.5 Å². The molecule has 2 aromatic rings. The standard InChI is InChI=1S/C24H28ClN3O3/c25-17-5-9-19(10-6-17)27-13-15-28(16-14-27)20-11-7-18(8-12-20)26-23(29)21-3-1-2-4-22(21)24(30)31/h5-12,21-22H,1-4,13-16H2,(H,26,29)(H,30,31)/t21-,22+/m1/s1. The zero-order valence-electron chi connectivity index (χ0n) is 17.5. The van der Waals surface area contributed by atoms with Crippen LogP contribution in [0.2, 0.25) is 5.02 Å². The number of benzene rings is 2. The maximum absolute atomic E-state index is 12.7. The van der Waals surface area contributed by atoms with E-state index in [2.05, 4.69) is 27.2 Å². The summed E-state index contributed by atoms with van der Waals surface area (Å²) in [6, 6.07) is 15.8. The Bertz CT molecular complexity index is 909. The fourth-order valence-electron chi connectivity index (χ4n) is 4.61. The van der Waals surface area contributed by atoms with E-state index in [9.17, 15) is 14.7 Å². The number of carboxylic acids is 1. The summed E-state index contributed by atoms with van der Waals surface area (Å²) in [5.74, 6) is -2.08. The van der Waals surface area contributed by atoms with Gasteiger partial charge in [-0.05, 0) is 61.4 Å². The van der Waals surface area contributed by atoms with E-state index in [1.807, 2.05) is 36.4 Å². The molecule has 0 spiro atoms. The summed E-state index contributed by atoms with van der Waals surface area (Å²) in [7, 11) is 0. The third-order valence-electron chi connectivity index (χ3n) is 6.39. The SMILES string of the molecule is O=C(O)[C@H]1CCCC[C@H]1C(=O)Nc1ccc(N2CCN(c3ccc(Cl)cc3)CC2)cc1. The summed E-state index contributed by atoms with van der Waals surface area (Å²) in [6.07, 6.45) is 3.00. The molecule has 1 aliphatic heterocycles. The maximum Gasteiger partial charge on any atom is 0.307 e. The number of piperazine rings is 1. The summed E-state index contributed by atoms with van der Waals surface area (Å²) < 4.78 is 0. The number of rotatable bonds is 5. The first-order valence-electron chi connectivity index (χ1n) is 10.9. The van der Waals surface area contributed by atoms with Gasteiger partial charge in [0.05, 0.1) is 11.8 Å². The minimum atomic E-state index is -0.868. The minimum Gasteiger partial charge on any atom is -0.481 e. The van der Waals surface area contributed by atoms with Gasteiger partial charge in [0.2, 0.25) is 5.91 Å². The van der Waals surface area contributed by atoms with E-state index in [-0.39, 0.29) is 5.91 Å². The van der Waals surface area contributed by atoms with Gasteiger partial charge in [-0.3, -0.25) is 9.59 Å². The molecule has 6 nitrogen and oxygen atoms in total. The van der Waals surface area contributed by atoms with Crippen LogP contribution < -0.4 is 15.1 Å². The molecule has 1 saturated carbocycles. The number of nitrogens with one attached hydrogen (secondary N) is 1. The molecular weight excluding hydrogens is 414 g/mol. The Balaban J connectivity index is 1.33. The molecule has 2 N–H and O–H groups in total. The molecule has 2 aromatic carbocycles. The number of aliphatic carboxylic acids is 1. The second kappa shape index (κ2) is 9.60. The third kappa shape index (κ3) is 5.13. The lowest BCUT2D eigenvalue weighted by molar-refractivity contribution is -0.147. The van der Waals surface area contributed by atoms with Gasteiger partial charge in [-0.1, -0.05) is 24.4 Å². The van der Waals surface area contributed by atoms with Crippen molar-refractivity contribution in [2.75, 3.05) is 41.3 Å². The van der Waals surface area contributed by atoms with Crippen molar-refractivity contribution in [3.8, 4) is 0 Å². The Hall–Kier alpha value is -2.73. The molecule has 1 amide bonds. The van der Waals surface area contributed by atoms with Crippen molar-refractivity contribution in [1.29, 1.82) is 0 Å². The minimum absolute atomic E-state index is 0.184. The molecule has 0 aromatic heterocycles. The number of halogens is 1. The van der Waals surface area contributed by atoms with Crippen LogP contribution in [0.3, 0.4) is 0 Å². The van der Waals surface area contributed by atoms with Crippen LogP contribution in [0.1, 0.15) is 25.7 Å². The first-order chi connectivity index (χ1) is 15.0. The Morgan fingerprint density at radius 2 is 1.29 bits per heavy atom. The van der Waals surface area contributed by atoms with Gasteiger partial charge in [0.1, 0.15) is 0 Å². The summed E-state index contributed by atoms with van der Waals surface area (Å²) in [6.45, 7) is 3.68. The first kappa shape index (κ1) is 21.5. The normalized spacial score (nSPS) is 21.6. The summed E-state index contributed by atoms with van der Waals surface area (Å²) in [4.78, 5) is 28.8. The molecule has 0 unspecified atom stereocenters. The van der Waals surface area contributed by atoms with E-state index in [4.69, 9.17) is 11.6 Å². The van der Waals surface area contributed by atoms with Crippen molar-refractivity contribution in [2.24, 2.45) is 11.8 Å². The van der Waals surface area contributed by atoms with E-state index >= 15 is 0 Å².